The zero-order valence-electron chi connectivity index (χ0n) is 27.7. The summed E-state index contributed by atoms with van der Waals surface area (Å²) >= 11 is 0. The van der Waals surface area contributed by atoms with Gasteiger partial charge in [-0.3, -0.25) is 14.4 Å². The van der Waals surface area contributed by atoms with E-state index in [1.54, 1.807) is 39.8 Å². The molecule has 2 aromatic rings. The number of hydrogen-bond acceptors (Lipinski definition) is 5. The van der Waals surface area contributed by atoms with Crippen LogP contribution >= 0.6 is 0 Å². The largest absolute Gasteiger partial charge is 0.395 e. The van der Waals surface area contributed by atoms with E-state index in [9.17, 15) is 24.6 Å². The average molecular weight is 628 g/mol. The minimum Gasteiger partial charge on any atom is -0.395 e. The van der Waals surface area contributed by atoms with Crippen LogP contribution in [0.1, 0.15) is 77.3 Å². The summed E-state index contributed by atoms with van der Waals surface area (Å²) in [6.07, 6.45) is 11.8. The Kier molecular flexibility index (Phi) is 12.1. The van der Waals surface area contributed by atoms with E-state index in [-0.39, 0.29) is 31.4 Å². The van der Waals surface area contributed by atoms with E-state index in [2.05, 4.69) is 26.8 Å². The number of carbonyl (C=O) groups is 3. The summed E-state index contributed by atoms with van der Waals surface area (Å²) in [5.74, 6) is -1.20. The molecule has 3 amide bonds. The van der Waals surface area contributed by atoms with Gasteiger partial charge in [0.2, 0.25) is 11.8 Å². The van der Waals surface area contributed by atoms with E-state index < -0.39 is 17.4 Å². The smallest absolute Gasteiger partial charge is 0.264 e. The molecular weight excluding hydrogens is 578 g/mol. The normalized spacial score (nSPS) is 19.0. The van der Waals surface area contributed by atoms with Gasteiger partial charge < -0.3 is 24.9 Å². The Bertz CT molecular complexity index is 1480. The molecule has 4 rings (SSSR count). The molecule has 2 N–H and O–H groups in total. The number of amides is 3. The van der Waals surface area contributed by atoms with E-state index in [1.165, 1.54) is 5.57 Å². The second-order valence-corrected chi connectivity index (χ2v) is 12.7. The summed E-state index contributed by atoms with van der Waals surface area (Å²) < 4.78 is 0. The summed E-state index contributed by atoms with van der Waals surface area (Å²) in [6, 6.07) is 15.1. The van der Waals surface area contributed by atoms with E-state index in [0.29, 0.717) is 43.0 Å². The Morgan fingerprint density at radius 2 is 1.83 bits per heavy atom. The van der Waals surface area contributed by atoms with Crippen LogP contribution in [-0.4, -0.2) is 59.1 Å². The number of allylic oxidation sites excluding steroid dienone is 3. The summed E-state index contributed by atoms with van der Waals surface area (Å²) in [7, 11) is 0. The lowest BCUT2D eigenvalue weighted by molar-refractivity contribution is -0.139. The summed E-state index contributed by atoms with van der Waals surface area (Å²) in [4.78, 5) is 45.0. The predicted octanol–water partition coefficient (Wildman–Crippen LogP) is 6.03. The number of rotatable bonds is 14. The average Bonchev–Trinajstić information content (AvgIpc) is 3.26. The Morgan fingerprint density at radius 3 is 2.52 bits per heavy atom. The molecule has 0 saturated carbocycles. The van der Waals surface area contributed by atoms with Crippen LogP contribution in [0, 0.1) is 5.92 Å². The van der Waals surface area contributed by atoms with Gasteiger partial charge in [-0.2, -0.15) is 0 Å². The van der Waals surface area contributed by atoms with Crippen LogP contribution in [0.4, 0.5) is 11.4 Å². The van der Waals surface area contributed by atoms with Crippen LogP contribution in [0.3, 0.4) is 0 Å². The number of aliphatic hydroxyl groups excluding tert-OH is 1. The predicted molar refractivity (Wildman–Crippen MR) is 183 cm³/mol. The molecule has 0 bridgehead atoms. The molecule has 2 aromatic carbocycles. The van der Waals surface area contributed by atoms with Crippen molar-refractivity contribution in [3.63, 3.8) is 0 Å². The zero-order chi connectivity index (χ0) is 33.3. The maximum atomic E-state index is 14.1. The lowest BCUT2D eigenvalue weighted by atomic mass is 9.82. The Hall–Kier alpha value is -4.01. The van der Waals surface area contributed by atoms with Gasteiger partial charge in [0.05, 0.1) is 12.3 Å². The SMILES string of the molecule is CC(C)=CCC/C(C)=C/CN1C(=O)[C@@](O)([C@@H](C)/C=C/CC(=O)N(CCO)Cc2ccccc2)c2cc(N3CCCCC3=O)ccc21. The minimum atomic E-state index is -1.87. The molecule has 8 nitrogen and oxygen atoms in total. The van der Waals surface area contributed by atoms with Gasteiger partial charge in [-0.15, -0.1) is 0 Å². The quantitative estimate of drug-likeness (QED) is 0.249. The lowest BCUT2D eigenvalue weighted by Crippen LogP contribution is -2.44. The summed E-state index contributed by atoms with van der Waals surface area (Å²) in [5, 5.41) is 21.8. The van der Waals surface area contributed by atoms with Crippen molar-refractivity contribution in [3.8, 4) is 0 Å². The third-order valence-electron chi connectivity index (χ3n) is 8.92. The summed E-state index contributed by atoms with van der Waals surface area (Å²) in [6.45, 7) is 9.35. The number of hydrogen-bond donors (Lipinski definition) is 2. The van der Waals surface area contributed by atoms with Crippen molar-refractivity contribution in [2.75, 3.05) is 36.0 Å². The number of fused-ring (bicyclic) bond motifs is 1. The number of benzene rings is 2. The van der Waals surface area contributed by atoms with Crippen molar-refractivity contribution < 1.29 is 24.6 Å². The molecule has 2 atom stereocenters. The minimum absolute atomic E-state index is 0.0419. The zero-order valence-corrected chi connectivity index (χ0v) is 27.7. The van der Waals surface area contributed by atoms with Crippen molar-refractivity contribution in [2.24, 2.45) is 5.92 Å². The fourth-order valence-electron chi connectivity index (χ4n) is 6.16. The molecule has 46 heavy (non-hydrogen) atoms. The van der Waals surface area contributed by atoms with Gasteiger partial charge in [-0.1, -0.05) is 72.7 Å². The Balaban J connectivity index is 1.58. The van der Waals surface area contributed by atoms with Crippen LogP contribution in [-0.2, 0) is 26.5 Å². The standard InChI is InChI=1S/C38H49N3O5/c1-28(2)12-10-13-29(3)21-23-41-34-20-19-32(40-22-9-8-17-36(40)44)26-33(34)38(46,37(41)45)30(4)14-11-18-35(43)39(24-25-42)27-31-15-6-5-7-16-31/h5-7,11-12,14-16,19-21,26,30,42,46H,8-10,13,17-18,22-25,27H2,1-4H3/b14-11+,29-21+/t30-,38+/m0/s1. The van der Waals surface area contributed by atoms with Crippen LogP contribution in [0.5, 0.6) is 0 Å². The van der Waals surface area contributed by atoms with Gasteiger partial charge in [-0.05, 0) is 70.2 Å². The molecule has 8 heteroatoms. The first-order valence-electron chi connectivity index (χ1n) is 16.4. The summed E-state index contributed by atoms with van der Waals surface area (Å²) in [5.41, 5.74) is 3.30. The maximum absolute atomic E-state index is 14.1. The molecule has 0 unspecified atom stereocenters. The molecule has 246 valence electrons. The molecule has 0 radical (unpaired) electrons. The van der Waals surface area contributed by atoms with E-state index in [1.807, 2.05) is 48.5 Å². The molecule has 1 fully saturated rings. The van der Waals surface area contributed by atoms with Crippen molar-refractivity contribution in [3.05, 3.63) is 95.1 Å². The molecule has 2 aliphatic heterocycles. The molecular formula is C38H49N3O5. The highest BCUT2D eigenvalue weighted by molar-refractivity contribution is 6.08. The molecule has 0 spiro atoms. The highest BCUT2D eigenvalue weighted by atomic mass is 16.3. The van der Waals surface area contributed by atoms with Crippen molar-refractivity contribution in [2.45, 2.75) is 78.4 Å². The fourth-order valence-corrected chi connectivity index (χ4v) is 6.16. The topological polar surface area (TPSA) is 101 Å². The van der Waals surface area contributed by atoms with Crippen LogP contribution in [0.2, 0.25) is 0 Å². The molecule has 1 saturated heterocycles. The monoisotopic (exact) mass is 627 g/mol. The first-order valence-corrected chi connectivity index (χ1v) is 16.4. The number of piperidine rings is 1. The number of carbonyl (C=O) groups excluding carboxylic acids is 3. The molecule has 0 aliphatic carbocycles. The van der Waals surface area contributed by atoms with Crippen molar-refractivity contribution in [1.82, 2.24) is 4.90 Å². The number of nitrogens with zero attached hydrogens (tertiary/aromatic N) is 3. The first kappa shape index (κ1) is 34.9. The van der Waals surface area contributed by atoms with Gasteiger partial charge >= 0.3 is 0 Å². The Morgan fingerprint density at radius 1 is 1.07 bits per heavy atom. The van der Waals surface area contributed by atoms with Gasteiger partial charge in [-0.25, -0.2) is 0 Å². The number of anilines is 2. The van der Waals surface area contributed by atoms with Crippen LogP contribution < -0.4 is 9.80 Å². The molecule has 2 aliphatic rings. The van der Waals surface area contributed by atoms with Gasteiger partial charge in [0.25, 0.3) is 5.91 Å². The third kappa shape index (κ3) is 8.22. The lowest BCUT2D eigenvalue weighted by Gasteiger charge is -2.30. The highest BCUT2D eigenvalue weighted by Gasteiger charge is 2.52. The van der Waals surface area contributed by atoms with Crippen molar-refractivity contribution in [1.29, 1.82) is 0 Å². The molecule has 0 aromatic heterocycles. The van der Waals surface area contributed by atoms with Crippen molar-refractivity contribution >= 4 is 29.1 Å². The van der Waals surface area contributed by atoms with Gasteiger partial charge in [0.1, 0.15) is 0 Å². The van der Waals surface area contributed by atoms with Crippen LogP contribution in [0.15, 0.2) is 84.0 Å². The molecule has 2 heterocycles. The first-order chi connectivity index (χ1) is 22.1. The van der Waals surface area contributed by atoms with Gasteiger partial charge in [0.15, 0.2) is 5.60 Å². The van der Waals surface area contributed by atoms with Gasteiger partial charge in [0, 0.05) is 56.2 Å². The fraction of sp³-hybridized carbons (Fsp3) is 0.447. The highest BCUT2D eigenvalue weighted by Crippen LogP contribution is 2.47. The second kappa shape index (κ2) is 16.0. The van der Waals surface area contributed by atoms with E-state index in [0.717, 1.165) is 36.8 Å². The second-order valence-electron chi connectivity index (χ2n) is 12.7. The van der Waals surface area contributed by atoms with E-state index in [4.69, 9.17) is 0 Å². The van der Waals surface area contributed by atoms with E-state index >= 15 is 0 Å². The maximum Gasteiger partial charge on any atom is 0.264 e. The third-order valence-corrected chi connectivity index (χ3v) is 8.92. The number of aliphatic hydroxyl groups is 2. The Labute approximate surface area is 273 Å². The van der Waals surface area contributed by atoms with Crippen LogP contribution in [0.25, 0.3) is 0 Å².